The number of sulfonamides is 1. The molecular weight excluding hydrogens is 294 g/mol. The number of amides is 1. The van der Waals surface area contributed by atoms with Gasteiger partial charge in [0.05, 0.1) is 10.6 Å². The van der Waals surface area contributed by atoms with Crippen LogP contribution in [0.4, 0.5) is 11.4 Å². The van der Waals surface area contributed by atoms with Gasteiger partial charge in [-0.2, -0.15) is 0 Å². The number of nitrogens with zero attached hydrogens (tertiary/aromatic N) is 1. The molecule has 1 rings (SSSR count). The first-order valence-electron chi connectivity index (χ1n) is 4.94. The Bertz CT molecular complexity index is 683. The van der Waals surface area contributed by atoms with E-state index in [2.05, 4.69) is 0 Å². The summed E-state index contributed by atoms with van der Waals surface area (Å²) in [5.41, 5.74) is -0.866. The van der Waals surface area contributed by atoms with Gasteiger partial charge >= 0.3 is 5.97 Å². The molecular formula is C9H9N3O7S. The summed E-state index contributed by atoms with van der Waals surface area (Å²) in [4.78, 5) is 30.6. The number of nitro groups is 1. The number of nitrogens with two attached hydrogens (primary N) is 1. The second-order valence-corrected chi connectivity index (χ2v) is 5.13. The zero-order valence-corrected chi connectivity index (χ0v) is 10.6. The minimum absolute atomic E-state index is 0.329. The Hall–Kier alpha value is -2.53. The Morgan fingerprint density at radius 3 is 2.45 bits per heavy atom. The molecule has 0 aliphatic heterocycles. The number of non-ortho nitro benzene ring substituents is 1. The number of aliphatic carboxylic acids is 1. The molecule has 4 N–H and O–H groups in total. The molecule has 0 atom stereocenters. The molecule has 0 aliphatic rings. The maximum atomic E-state index is 11.3. The number of carboxylic acids is 1. The number of hydrogen-bond donors (Lipinski definition) is 3. The highest BCUT2D eigenvalue weighted by atomic mass is 32.2. The number of carbonyl (C=O) groups excluding carboxylic acids is 1. The van der Waals surface area contributed by atoms with Crippen molar-refractivity contribution in [1.29, 1.82) is 0 Å². The van der Waals surface area contributed by atoms with E-state index in [1.807, 2.05) is 5.32 Å². The van der Waals surface area contributed by atoms with E-state index in [0.717, 1.165) is 12.1 Å². The van der Waals surface area contributed by atoms with E-state index in [0.29, 0.717) is 6.07 Å². The molecule has 0 heterocycles. The van der Waals surface area contributed by atoms with Crippen LogP contribution in [0.2, 0.25) is 0 Å². The monoisotopic (exact) mass is 303 g/mol. The van der Waals surface area contributed by atoms with Gasteiger partial charge in [0.2, 0.25) is 15.9 Å². The average Bonchev–Trinajstić information content (AvgIpc) is 2.26. The number of rotatable bonds is 5. The summed E-state index contributed by atoms with van der Waals surface area (Å²) in [6, 6.07) is 2.58. The van der Waals surface area contributed by atoms with Crippen LogP contribution in [0.15, 0.2) is 23.1 Å². The molecule has 1 amide bonds. The molecule has 10 nitrogen and oxygen atoms in total. The lowest BCUT2D eigenvalue weighted by atomic mass is 10.2. The Morgan fingerprint density at radius 1 is 1.40 bits per heavy atom. The van der Waals surface area contributed by atoms with Gasteiger partial charge in [0.15, 0.2) is 0 Å². The van der Waals surface area contributed by atoms with Crippen LogP contribution < -0.4 is 10.5 Å². The van der Waals surface area contributed by atoms with Crippen molar-refractivity contribution in [3.05, 3.63) is 28.3 Å². The number of benzene rings is 1. The fourth-order valence-electron chi connectivity index (χ4n) is 1.29. The van der Waals surface area contributed by atoms with E-state index < -0.39 is 43.8 Å². The van der Waals surface area contributed by atoms with Crippen molar-refractivity contribution in [2.24, 2.45) is 5.14 Å². The molecule has 11 heteroatoms. The lowest BCUT2D eigenvalue weighted by molar-refractivity contribution is -0.385. The predicted octanol–water partition coefficient (Wildman–Crippen LogP) is -0.345. The van der Waals surface area contributed by atoms with Crippen LogP contribution in [0.5, 0.6) is 0 Å². The lowest BCUT2D eigenvalue weighted by Crippen LogP contribution is -2.20. The number of anilines is 1. The van der Waals surface area contributed by atoms with Gasteiger partial charge in [-0.1, -0.05) is 0 Å². The van der Waals surface area contributed by atoms with Gasteiger partial charge in [0.25, 0.3) is 5.69 Å². The third-order valence-corrected chi connectivity index (χ3v) is 3.02. The van der Waals surface area contributed by atoms with Crippen molar-refractivity contribution < 1.29 is 28.0 Å². The fourth-order valence-corrected chi connectivity index (χ4v) is 2.01. The van der Waals surface area contributed by atoms with Crippen LogP contribution in [0.3, 0.4) is 0 Å². The smallest absolute Gasteiger partial charge is 0.312 e. The summed E-state index contributed by atoms with van der Waals surface area (Å²) >= 11 is 0. The number of nitro benzene ring substituents is 1. The number of primary sulfonamides is 1. The van der Waals surface area contributed by atoms with Crippen molar-refractivity contribution in [3.8, 4) is 0 Å². The third kappa shape index (κ3) is 4.00. The number of carbonyl (C=O) groups is 2. The SMILES string of the molecule is NS(=O)(=O)c1cc([N+](=O)[O-])ccc1NC(=O)CC(=O)O. The standard InChI is InChI=1S/C9H9N3O7S/c10-20(18,19)7-3-5(12(16)17)1-2-6(7)11-8(13)4-9(14)15/h1-3H,4H2,(H,11,13)(H,14,15)(H2,10,18,19). The zero-order valence-electron chi connectivity index (χ0n) is 9.77. The van der Waals surface area contributed by atoms with Gasteiger partial charge in [-0.3, -0.25) is 19.7 Å². The molecule has 0 aliphatic carbocycles. The van der Waals surface area contributed by atoms with Gasteiger partial charge in [0, 0.05) is 12.1 Å². The minimum Gasteiger partial charge on any atom is -0.481 e. The van der Waals surface area contributed by atoms with Crippen LogP contribution in [0.25, 0.3) is 0 Å². The Morgan fingerprint density at radius 2 is 2.00 bits per heavy atom. The first-order valence-corrected chi connectivity index (χ1v) is 6.49. The van der Waals surface area contributed by atoms with Gasteiger partial charge in [0.1, 0.15) is 11.3 Å². The molecule has 0 spiro atoms. The van der Waals surface area contributed by atoms with E-state index >= 15 is 0 Å². The third-order valence-electron chi connectivity index (χ3n) is 2.07. The van der Waals surface area contributed by atoms with Gasteiger partial charge < -0.3 is 10.4 Å². The molecule has 0 bridgehead atoms. The fraction of sp³-hybridized carbons (Fsp3) is 0.111. The highest BCUT2D eigenvalue weighted by molar-refractivity contribution is 7.89. The van der Waals surface area contributed by atoms with Crippen LogP contribution in [0, 0.1) is 10.1 Å². The molecule has 0 aromatic heterocycles. The maximum Gasteiger partial charge on any atom is 0.312 e. The molecule has 108 valence electrons. The Kier molecular flexibility index (Phi) is 4.37. The summed E-state index contributed by atoms with van der Waals surface area (Å²) < 4.78 is 22.6. The van der Waals surface area contributed by atoms with Crippen molar-refractivity contribution in [1.82, 2.24) is 0 Å². The topological polar surface area (TPSA) is 170 Å². The van der Waals surface area contributed by atoms with Crippen LogP contribution in [-0.4, -0.2) is 30.3 Å². The summed E-state index contributed by atoms with van der Waals surface area (Å²) in [5.74, 6) is -2.40. The van der Waals surface area contributed by atoms with Gasteiger partial charge in [-0.25, -0.2) is 13.6 Å². The summed E-state index contributed by atoms with van der Waals surface area (Å²) in [6.45, 7) is 0. The zero-order chi connectivity index (χ0) is 15.5. The molecule has 1 aromatic rings. The lowest BCUT2D eigenvalue weighted by Gasteiger charge is -2.08. The van der Waals surface area contributed by atoms with E-state index in [9.17, 15) is 28.1 Å². The van der Waals surface area contributed by atoms with E-state index in [1.165, 1.54) is 0 Å². The normalized spacial score (nSPS) is 10.8. The first-order chi connectivity index (χ1) is 9.11. The van der Waals surface area contributed by atoms with Crippen LogP contribution in [-0.2, 0) is 19.6 Å². The molecule has 0 radical (unpaired) electrons. The highest BCUT2D eigenvalue weighted by Crippen LogP contribution is 2.25. The summed E-state index contributed by atoms with van der Waals surface area (Å²) in [6.07, 6.45) is -0.888. The number of carboxylic acid groups (broad SMARTS) is 1. The summed E-state index contributed by atoms with van der Waals surface area (Å²) in [7, 11) is -4.33. The largest absolute Gasteiger partial charge is 0.481 e. The van der Waals surface area contributed by atoms with Crippen molar-refractivity contribution in [2.45, 2.75) is 11.3 Å². The first kappa shape index (κ1) is 15.5. The molecule has 0 unspecified atom stereocenters. The van der Waals surface area contributed by atoms with E-state index in [4.69, 9.17) is 10.2 Å². The molecule has 20 heavy (non-hydrogen) atoms. The number of nitrogens with one attached hydrogen (secondary N) is 1. The average molecular weight is 303 g/mol. The number of hydrogen-bond acceptors (Lipinski definition) is 6. The molecule has 0 saturated carbocycles. The second-order valence-electron chi connectivity index (χ2n) is 3.60. The Balaban J connectivity index is 3.23. The van der Waals surface area contributed by atoms with Gasteiger partial charge in [-0.05, 0) is 6.07 Å². The van der Waals surface area contributed by atoms with Crippen molar-refractivity contribution in [2.75, 3.05) is 5.32 Å². The predicted molar refractivity (Wildman–Crippen MR) is 65.4 cm³/mol. The Labute approximate surface area is 112 Å². The quantitative estimate of drug-likeness (QED) is 0.379. The van der Waals surface area contributed by atoms with Gasteiger partial charge in [-0.15, -0.1) is 0 Å². The second kappa shape index (κ2) is 5.63. The van der Waals surface area contributed by atoms with Crippen molar-refractivity contribution >= 4 is 33.3 Å². The maximum absolute atomic E-state index is 11.3. The summed E-state index contributed by atoms with van der Waals surface area (Å²) in [5, 5.41) is 25.9. The molecule has 1 aromatic carbocycles. The highest BCUT2D eigenvalue weighted by Gasteiger charge is 2.20. The molecule has 0 fully saturated rings. The van der Waals surface area contributed by atoms with Crippen LogP contribution in [0.1, 0.15) is 6.42 Å². The van der Waals surface area contributed by atoms with E-state index in [-0.39, 0.29) is 5.69 Å². The van der Waals surface area contributed by atoms with Crippen molar-refractivity contribution in [3.63, 3.8) is 0 Å². The molecule has 0 saturated heterocycles. The van der Waals surface area contributed by atoms with Crippen LogP contribution >= 0.6 is 0 Å². The minimum atomic E-state index is -4.33. The van der Waals surface area contributed by atoms with E-state index in [1.54, 1.807) is 0 Å².